The maximum absolute atomic E-state index is 12.9. The first-order valence-corrected chi connectivity index (χ1v) is 7.80. The van der Waals surface area contributed by atoms with E-state index in [-0.39, 0.29) is 18.0 Å². The molecule has 22 heavy (non-hydrogen) atoms. The number of morpholine rings is 1. The van der Waals surface area contributed by atoms with E-state index >= 15 is 0 Å². The third-order valence-corrected chi connectivity index (χ3v) is 4.31. The average molecular weight is 310 g/mol. The number of hydrogen-bond acceptors (Lipinski definition) is 5. The standard InChI is InChI=1S/C16H23FN2O3/c17-13-3-1-12(2-4-13)9-18-14-11-22-15(16(14)20)10-19-5-7-21-8-6-19/h1-4,14-16,18,20H,5-11H2/t14-,15-,16+/m0/s1. The molecule has 122 valence electrons. The molecule has 0 unspecified atom stereocenters. The van der Waals surface area contributed by atoms with Gasteiger partial charge in [-0.1, -0.05) is 12.1 Å². The molecule has 3 rings (SSSR count). The number of nitrogens with one attached hydrogen (secondary N) is 1. The van der Waals surface area contributed by atoms with Gasteiger partial charge in [0.2, 0.25) is 0 Å². The molecule has 3 atom stereocenters. The first-order valence-electron chi connectivity index (χ1n) is 7.80. The molecule has 2 N–H and O–H groups in total. The van der Waals surface area contributed by atoms with Gasteiger partial charge in [0, 0.05) is 26.2 Å². The average Bonchev–Trinajstić information content (AvgIpc) is 2.88. The minimum Gasteiger partial charge on any atom is -0.389 e. The summed E-state index contributed by atoms with van der Waals surface area (Å²) >= 11 is 0. The number of rotatable bonds is 5. The number of nitrogens with zero attached hydrogens (tertiary/aromatic N) is 1. The maximum Gasteiger partial charge on any atom is 0.123 e. The molecule has 2 fully saturated rings. The van der Waals surface area contributed by atoms with Gasteiger partial charge >= 0.3 is 0 Å². The van der Waals surface area contributed by atoms with Gasteiger partial charge in [0.1, 0.15) is 5.82 Å². The Labute approximate surface area is 130 Å². The first kappa shape index (κ1) is 15.8. The Hall–Kier alpha value is -1.05. The topological polar surface area (TPSA) is 54.0 Å². The van der Waals surface area contributed by atoms with Crippen LogP contribution in [0.1, 0.15) is 5.56 Å². The molecule has 0 bridgehead atoms. The molecule has 0 saturated carbocycles. The summed E-state index contributed by atoms with van der Waals surface area (Å²) in [6.07, 6.45) is -0.688. The highest BCUT2D eigenvalue weighted by Gasteiger charge is 2.36. The third kappa shape index (κ3) is 4.02. The smallest absolute Gasteiger partial charge is 0.123 e. The lowest BCUT2D eigenvalue weighted by atomic mass is 10.1. The Morgan fingerprint density at radius 2 is 1.95 bits per heavy atom. The van der Waals surface area contributed by atoms with Gasteiger partial charge in [0.25, 0.3) is 0 Å². The number of halogens is 1. The predicted octanol–water partition coefficient (Wildman–Crippen LogP) is 0.376. The van der Waals surface area contributed by atoms with Crippen molar-refractivity contribution in [1.29, 1.82) is 0 Å². The summed E-state index contributed by atoms with van der Waals surface area (Å²) in [4.78, 5) is 2.26. The van der Waals surface area contributed by atoms with Crippen molar-refractivity contribution in [3.8, 4) is 0 Å². The van der Waals surface area contributed by atoms with Crippen LogP contribution in [0.5, 0.6) is 0 Å². The lowest BCUT2D eigenvalue weighted by molar-refractivity contribution is -0.0181. The van der Waals surface area contributed by atoms with Gasteiger partial charge < -0.3 is 19.9 Å². The minimum absolute atomic E-state index is 0.0870. The second-order valence-corrected chi connectivity index (χ2v) is 5.89. The fourth-order valence-corrected chi connectivity index (χ4v) is 2.91. The quantitative estimate of drug-likeness (QED) is 0.823. The Morgan fingerprint density at radius 3 is 2.68 bits per heavy atom. The third-order valence-electron chi connectivity index (χ3n) is 4.31. The Kier molecular flexibility index (Phi) is 5.38. The van der Waals surface area contributed by atoms with E-state index in [2.05, 4.69) is 10.2 Å². The Bertz CT molecular complexity index is 465. The second-order valence-electron chi connectivity index (χ2n) is 5.89. The summed E-state index contributed by atoms with van der Waals surface area (Å²) in [7, 11) is 0. The van der Waals surface area contributed by atoms with Crippen LogP contribution in [-0.2, 0) is 16.0 Å². The van der Waals surface area contributed by atoms with Gasteiger partial charge in [-0.05, 0) is 17.7 Å². The summed E-state index contributed by atoms with van der Waals surface area (Å²) in [6, 6.07) is 6.29. The molecule has 0 amide bonds. The van der Waals surface area contributed by atoms with Crippen LogP contribution in [0.15, 0.2) is 24.3 Å². The summed E-state index contributed by atoms with van der Waals surface area (Å²) in [6.45, 7) is 5.09. The van der Waals surface area contributed by atoms with Crippen molar-refractivity contribution in [3.05, 3.63) is 35.6 Å². The second kappa shape index (κ2) is 7.48. The van der Waals surface area contributed by atoms with Crippen LogP contribution in [-0.4, -0.2) is 67.7 Å². The molecule has 1 aromatic carbocycles. The zero-order valence-electron chi connectivity index (χ0n) is 12.6. The van der Waals surface area contributed by atoms with E-state index in [0.29, 0.717) is 13.2 Å². The number of hydrogen-bond donors (Lipinski definition) is 2. The SMILES string of the molecule is O[C@@H]1[C@@H](NCc2ccc(F)cc2)CO[C@H]1CN1CCOCC1. The highest BCUT2D eigenvalue weighted by molar-refractivity contribution is 5.16. The largest absolute Gasteiger partial charge is 0.389 e. The van der Waals surface area contributed by atoms with Gasteiger partial charge in [0.05, 0.1) is 38.1 Å². The maximum atomic E-state index is 12.9. The van der Waals surface area contributed by atoms with Crippen molar-refractivity contribution in [1.82, 2.24) is 10.2 Å². The first-order chi connectivity index (χ1) is 10.7. The van der Waals surface area contributed by atoms with E-state index in [4.69, 9.17) is 9.47 Å². The van der Waals surface area contributed by atoms with Crippen LogP contribution >= 0.6 is 0 Å². The zero-order valence-corrected chi connectivity index (χ0v) is 12.6. The van der Waals surface area contributed by atoms with Crippen LogP contribution in [0, 0.1) is 5.82 Å². The molecule has 1 aromatic rings. The van der Waals surface area contributed by atoms with Crippen LogP contribution in [0.25, 0.3) is 0 Å². The number of aliphatic hydroxyl groups is 1. The van der Waals surface area contributed by atoms with E-state index in [1.54, 1.807) is 12.1 Å². The minimum atomic E-state index is -0.525. The fraction of sp³-hybridized carbons (Fsp3) is 0.625. The molecule has 0 spiro atoms. The van der Waals surface area contributed by atoms with Gasteiger partial charge in [-0.15, -0.1) is 0 Å². The summed E-state index contributed by atoms with van der Waals surface area (Å²) in [5, 5.41) is 13.7. The highest BCUT2D eigenvalue weighted by Crippen LogP contribution is 2.17. The van der Waals surface area contributed by atoms with Gasteiger partial charge in [-0.3, -0.25) is 4.90 Å². The van der Waals surface area contributed by atoms with E-state index < -0.39 is 6.10 Å². The summed E-state index contributed by atoms with van der Waals surface area (Å²) in [5.74, 6) is -0.237. The summed E-state index contributed by atoms with van der Waals surface area (Å²) in [5.41, 5.74) is 0.991. The van der Waals surface area contributed by atoms with Gasteiger partial charge in [0.15, 0.2) is 0 Å². The van der Waals surface area contributed by atoms with Gasteiger partial charge in [-0.25, -0.2) is 4.39 Å². The monoisotopic (exact) mass is 310 g/mol. The predicted molar refractivity (Wildman–Crippen MR) is 80.0 cm³/mol. The Balaban J connectivity index is 1.46. The van der Waals surface area contributed by atoms with Crippen molar-refractivity contribution in [3.63, 3.8) is 0 Å². The van der Waals surface area contributed by atoms with Crippen molar-refractivity contribution in [2.24, 2.45) is 0 Å². The lowest BCUT2D eigenvalue weighted by Gasteiger charge is -2.30. The number of ether oxygens (including phenoxy) is 2. The van der Waals surface area contributed by atoms with Crippen molar-refractivity contribution < 1.29 is 19.0 Å². The van der Waals surface area contributed by atoms with Crippen LogP contribution in [0.3, 0.4) is 0 Å². The van der Waals surface area contributed by atoms with Crippen LogP contribution in [0.2, 0.25) is 0 Å². The zero-order chi connectivity index (χ0) is 15.4. The molecular weight excluding hydrogens is 287 g/mol. The molecule has 2 heterocycles. The van der Waals surface area contributed by atoms with E-state index in [9.17, 15) is 9.50 Å². The fourth-order valence-electron chi connectivity index (χ4n) is 2.91. The molecule has 0 aromatic heterocycles. The number of aliphatic hydroxyl groups excluding tert-OH is 1. The van der Waals surface area contributed by atoms with Crippen molar-refractivity contribution in [2.45, 2.75) is 24.8 Å². The lowest BCUT2D eigenvalue weighted by Crippen LogP contribution is -2.47. The Morgan fingerprint density at radius 1 is 1.23 bits per heavy atom. The molecule has 2 aliphatic heterocycles. The molecular formula is C16H23FN2O3. The molecule has 6 heteroatoms. The molecule has 2 saturated heterocycles. The number of benzene rings is 1. The van der Waals surface area contributed by atoms with E-state index in [1.807, 2.05) is 0 Å². The summed E-state index contributed by atoms with van der Waals surface area (Å²) < 4.78 is 23.9. The van der Waals surface area contributed by atoms with E-state index in [0.717, 1.165) is 38.4 Å². The molecule has 2 aliphatic rings. The van der Waals surface area contributed by atoms with Crippen LogP contribution < -0.4 is 5.32 Å². The van der Waals surface area contributed by atoms with Crippen molar-refractivity contribution in [2.75, 3.05) is 39.5 Å². The molecule has 5 nitrogen and oxygen atoms in total. The van der Waals surface area contributed by atoms with E-state index in [1.165, 1.54) is 12.1 Å². The van der Waals surface area contributed by atoms with Gasteiger partial charge in [-0.2, -0.15) is 0 Å². The van der Waals surface area contributed by atoms with Crippen molar-refractivity contribution >= 4 is 0 Å². The normalized spacial score (nSPS) is 29.8. The molecule has 0 radical (unpaired) electrons. The van der Waals surface area contributed by atoms with Crippen LogP contribution in [0.4, 0.5) is 4.39 Å². The highest BCUT2D eigenvalue weighted by atomic mass is 19.1. The molecule has 0 aliphatic carbocycles.